The molecule has 0 radical (unpaired) electrons. The Labute approximate surface area is 170 Å². The van der Waals surface area contributed by atoms with Crippen molar-refractivity contribution in [3.63, 3.8) is 0 Å². The predicted molar refractivity (Wildman–Crippen MR) is 110 cm³/mol. The van der Waals surface area contributed by atoms with E-state index >= 15 is 0 Å². The van der Waals surface area contributed by atoms with Crippen LogP contribution in [0, 0.1) is 0 Å². The molecule has 0 amide bonds. The van der Waals surface area contributed by atoms with Gasteiger partial charge >= 0.3 is 0 Å². The molecule has 0 aromatic heterocycles. The summed E-state index contributed by atoms with van der Waals surface area (Å²) >= 11 is 0. The molecule has 7 heteroatoms. The minimum absolute atomic E-state index is 0.139. The van der Waals surface area contributed by atoms with Crippen LogP contribution in [0.15, 0.2) is 102 Å². The van der Waals surface area contributed by atoms with Gasteiger partial charge in [0.2, 0.25) is 0 Å². The lowest BCUT2D eigenvalue weighted by Crippen LogP contribution is -2.46. The first-order chi connectivity index (χ1) is 14.1. The third kappa shape index (κ3) is 3.88. The second kappa shape index (κ2) is 8.08. The van der Waals surface area contributed by atoms with E-state index in [-0.39, 0.29) is 4.90 Å². The number of hydrazine groups is 1. The van der Waals surface area contributed by atoms with Gasteiger partial charge in [0.05, 0.1) is 17.7 Å². The summed E-state index contributed by atoms with van der Waals surface area (Å²) in [5, 5.41) is 1.46. The van der Waals surface area contributed by atoms with Gasteiger partial charge in [0.15, 0.2) is 0 Å². The first kappa shape index (κ1) is 19.2. The van der Waals surface area contributed by atoms with Crippen LogP contribution in [-0.4, -0.2) is 20.1 Å². The molecule has 29 heavy (non-hydrogen) atoms. The van der Waals surface area contributed by atoms with Crippen molar-refractivity contribution in [3.8, 4) is 5.75 Å². The maximum Gasteiger partial charge on any atom is 0.283 e. The van der Waals surface area contributed by atoms with Gasteiger partial charge in [-0.25, -0.2) is 13.4 Å². The van der Waals surface area contributed by atoms with Gasteiger partial charge in [0.25, 0.3) is 10.0 Å². The second-order valence-corrected chi connectivity index (χ2v) is 8.08. The molecule has 3 aromatic carbocycles. The minimum atomic E-state index is -3.96. The molecule has 0 aliphatic carbocycles. The molecular weight excluding hydrogens is 388 g/mol. The molecule has 148 valence electrons. The number of rotatable bonds is 5. The first-order valence-electron chi connectivity index (χ1n) is 9.03. The molecular formula is C22H20N2O4S. The van der Waals surface area contributed by atoms with Crippen molar-refractivity contribution in [2.45, 2.75) is 11.0 Å². The molecule has 0 saturated carbocycles. The molecule has 1 unspecified atom stereocenters. The number of hydrogen-bond donors (Lipinski definition) is 0. The molecule has 0 saturated heterocycles. The van der Waals surface area contributed by atoms with E-state index in [9.17, 15) is 8.42 Å². The Bertz CT molecular complexity index is 1080. The fraction of sp³-hybridized carbons (Fsp3) is 0.0909. The molecule has 0 spiro atoms. The number of benzene rings is 3. The van der Waals surface area contributed by atoms with Gasteiger partial charge in [-0.3, -0.25) is 4.84 Å². The standard InChI is InChI=1S/C22H20N2O4S/c1-27-20-14-12-19(13-15-20)23-17-16-22(18-8-4-2-5-9-18)28-24(23)29(25,26)21-10-6-3-7-11-21/h2-17,22H,1H3. The van der Waals surface area contributed by atoms with Crippen LogP contribution < -0.4 is 9.75 Å². The van der Waals surface area contributed by atoms with Gasteiger partial charge < -0.3 is 4.74 Å². The number of nitrogens with zero attached hydrogens (tertiary/aromatic N) is 2. The van der Waals surface area contributed by atoms with Gasteiger partial charge in [-0.15, -0.1) is 0 Å². The molecule has 3 aromatic rings. The van der Waals surface area contributed by atoms with Crippen LogP contribution in [0.25, 0.3) is 0 Å². The summed E-state index contributed by atoms with van der Waals surface area (Å²) in [5.41, 5.74) is 1.47. The van der Waals surface area contributed by atoms with E-state index < -0.39 is 16.1 Å². The van der Waals surface area contributed by atoms with E-state index in [1.807, 2.05) is 36.4 Å². The Kier molecular flexibility index (Phi) is 5.35. The number of methoxy groups -OCH3 is 1. The summed E-state index contributed by atoms with van der Waals surface area (Å²) in [6.45, 7) is 0. The smallest absolute Gasteiger partial charge is 0.283 e. The van der Waals surface area contributed by atoms with Crippen LogP contribution in [0.5, 0.6) is 5.75 Å². The van der Waals surface area contributed by atoms with Crippen molar-refractivity contribution in [1.29, 1.82) is 0 Å². The van der Waals surface area contributed by atoms with Gasteiger partial charge in [0.1, 0.15) is 11.9 Å². The normalized spacial score (nSPS) is 17.3. The van der Waals surface area contributed by atoms with Crippen LogP contribution in [-0.2, 0) is 14.9 Å². The zero-order valence-corrected chi connectivity index (χ0v) is 16.6. The van der Waals surface area contributed by atoms with Gasteiger partial charge in [-0.2, -0.15) is 0 Å². The molecule has 0 N–H and O–H groups in total. The Morgan fingerprint density at radius 2 is 1.48 bits per heavy atom. The SMILES string of the molecule is COc1ccc(N2C=CC(c3ccccc3)ON2S(=O)(=O)c2ccccc2)cc1. The average molecular weight is 408 g/mol. The van der Waals surface area contributed by atoms with E-state index in [1.54, 1.807) is 67.9 Å². The first-order valence-corrected chi connectivity index (χ1v) is 10.5. The maximum atomic E-state index is 13.4. The molecule has 1 heterocycles. The summed E-state index contributed by atoms with van der Waals surface area (Å²) in [7, 11) is -2.38. The summed E-state index contributed by atoms with van der Waals surface area (Å²) in [4.78, 5) is 6.11. The molecule has 0 bridgehead atoms. The summed E-state index contributed by atoms with van der Waals surface area (Å²) < 4.78 is 32.9. The maximum absolute atomic E-state index is 13.4. The highest BCUT2D eigenvalue weighted by Crippen LogP contribution is 2.33. The van der Waals surface area contributed by atoms with Gasteiger partial charge in [0, 0.05) is 10.8 Å². The highest BCUT2D eigenvalue weighted by Gasteiger charge is 2.36. The van der Waals surface area contributed by atoms with Crippen molar-refractivity contribution >= 4 is 15.7 Å². The molecule has 1 atom stereocenters. The Morgan fingerprint density at radius 3 is 2.10 bits per heavy atom. The predicted octanol–water partition coefficient (Wildman–Crippen LogP) is 4.31. The Hall–Kier alpha value is -3.13. The van der Waals surface area contributed by atoms with Crippen LogP contribution in [0.2, 0.25) is 0 Å². The lowest BCUT2D eigenvalue weighted by molar-refractivity contribution is -0.127. The van der Waals surface area contributed by atoms with E-state index in [2.05, 4.69) is 0 Å². The lowest BCUT2D eigenvalue weighted by Gasteiger charge is -2.37. The molecule has 0 fully saturated rings. The summed E-state index contributed by atoms with van der Waals surface area (Å²) in [6.07, 6.45) is 2.98. The number of hydrogen-bond acceptors (Lipinski definition) is 5. The zero-order valence-electron chi connectivity index (χ0n) is 15.8. The highest BCUT2D eigenvalue weighted by atomic mass is 32.2. The summed E-state index contributed by atoms with van der Waals surface area (Å²) in [6, 6.07) is 24.7. The third-order valence-electron chi connectivity index (χ3n) is 4.49. The van der Waals surface area contributed by atoms with Crippen molar-refractivity contribution < 1.29 is 18.0 Å². The summed E-state index contributed by atoms with van der Waals surface area (Å²) in [5.74, 6) is 0.676. The van der Waals surface area contributed by atoms with Gasteiger partial charge in [-0.1, -0.05) is 48.5 Å². The van der Waals surface area contributed by atoms with Crippen LogP contribution >= 0.6 is 0 Å². The zero-order chi connectivity index (χ0) is 20.3. The second-order valence-electron chi connectivity index (χ2n) is 6.35. The monoisotopic (exact) mass is 408 g/mol. The van der Waals surface area contributed by atoms with Crippen LogP contribution in [0.4, 0.5) is 5.69 Å². The topological polar surface area (TPSA) is 59.1 Å². The fourth-order valence-electron chi connectivity index (χ4n) is 2.98. The molecule has 1 aliphatic heterocycles. The highest BCUT2D eigenvalue weighted by molar-refractivity contribution is 7.89. The molecule has 6 nitrogen and oxygen atoms in total. The van der Waals surface area contributed by atoms with E-state index in [0.717, 1.165) is 10.1 Å². The number of sulfonamides is 1. The Morgan fingerprint density at radius 1 is 0.862 bits per heavy atom. The third-order valence-corrected chi connectivity index (χ3v) is 6.03. The number of anilines is 1. The van der Waals surface area contributed by atoms with Crippen molar-refractivity contribution in [3.05, 3.63) is 103 Å². The lowest BCUT2D eigenvalue weighted by atomic mass is 10.1. The van der Waals surface area contributed by atoms with Crippen molar-refractivity contribution in [1.82, 2.24) is 4.58 Å². The van der Waals surface area contributed by atoms with Crippen molar-refractivity contribution in [2.75, 3.05) is 12.1 Å². The number of ether oxygens (including phenoxy) is 1. The molecule has 1 aliphatic rings. The Balaban J connectivity index is 1.77. The van der Waals surface area contributed by atoms with Gasteiger partial charge in [-0.05, 0) is 48.0 Å². The van der Waals surface area contributed by atoms with Crippen LogP contribution in [0.1, 0.15) is 11.7 Å². The minimum Gasteiger partial charge on any atom is -0.497 e. The van der Waals surface area contributed by atoms with Crippen molar-refractivity contribution in [2.24, 2.45) is 0 Å². The van der Waals surface area contributed by atoms with Crippen LogP contribution in [0.3, 0.4) is 0 Å². The van der Waals surface area contributed by atoms with E-state index in [4.69, 9.17) is 9.57 Å². The van der Waals surface area contributed by atoms with E-state index in [1.165, 1.54) is 5.01 Å². The molecule has 4 rings (SSSR count). The fourth-order valence-corrected chi connectivity index (χ4v) is 4.25. The van der Waals surface area contributed by atoms with E-state index in [0.29, 0.717) is 11.4 Å². The quantitative estimate of drug-likeness (QED) is 0.630. The largest absolute Gasteiger partial charge is 0.497 e. The average Bonchev–Trinajstić information content (AvgIpc) is 2.80.